The first-order valence-electron chi connectivity index (χ1n) is 5.62. The molecule has 0 saturated carbocycles. The number of nitro groups is 1. The number of thiophene rings is 1. The van der Waals surface area contributed by atoms with Crippen molar-refractivity contribution >= 4 is 23.3 Å². The number of benzene rings is 1. The van der Waals surface area contributed by atoms with Crippen LogP contribution < -0.4 is 9.47 Å². The van der Waals surface area contributed by atoms with Crippen molar-refractivity contribution in [3.05, 3.63) is 50.2 Å². The average Bonchev–Trinajstić information content (AvgIpc) is 2.97. The summed E-state index contributed by atoms with van der Waals surface area (Å²) < 4.78 is 10.6. The van der Waals surface area contributed by atoms with Gasteiger partial charge in [0.1, 0.15) is 6.61 Å². The minimum absolute atomic E-state index is 0.0460. The summed E-state index contributed by atoms with van der Waals surface area (Å²) in [5.41, 5.74) is -0.350. The maximum Gasteiger partial charge on any atom is 0.283 e. The van der Waals surface area contributed by atoms with Crippen molar-refractivity contribution in [1.82, 2.24) is 0 Å². The van der Waals surface area contributed by atoms with Crippen LogP contribution in [0.3, 0.4) is 0 Å². The van der Waals surface area contributed by atoms with Crippen molar-refractivity contribution in [2.75, 3.05) is 7.11 Å². The molecule has 2 aromatic rings. The summed E-state index contributed by atoms with van der Waals surface area (Å²) in [6.07, 6.45) is 0.420. The van der Waals surface area contributed by atoms with E-state index in [1.165, 1.54) is 30.6 Å². The number of aldehydes is 1. The van der Waals surface area contributed by atoms with Gasteiger partial charge in [0.15, 0.2) is 17.8 Å². The highest BCUT2D eigenvalue weighted by Gasteiger charge is 2.19. The number of carbonyl (C=O) groups excluding carboxylic acids is 1. The van der Waals surface area contributed by atoms with Gasteiger partial charge >= 0.3 is 0 Å². The lowest BCUT2D eigenvalue weighted by molar-refractivity contribution is -0.385. The monoisotopic (exact) mass is 293 g/mol. The number of nitro benzene ring substituents is 1. The van der Waals surface area contributed by atoms with Gasteiger partial charge in [0.2, 0.25) is 0 Å². The predicted octanol–water partition coefficient (Wildman–Crippen LogP) is 3.06. The molecule has 0 amide bonds. The molecule has 0 N–H and O–H groups in total. The van der Waals surface area contributed by atoms with Gasteiger partial charge in [0.05, 0.1) is 23.7 Å². The largest absolute Gasteiger partial charge is 0.493 e. The van der Waals surface area contributed by atoms with Gasteiger partial charge in [-0.15, -0.1) is 11.3 Å². The van der Waals surface area contributed by atoms with Gasteiger partial charge in [0, 0.05) is 10.9 Å². The molecule has 1 aromatic carbocycles. The first kappa shape index (κ1) is 14.0. The number of hydrogen-bond donors (Lipinski definition) is 0. The first-order chi connectivity index (χ1) is 9.65. The van der Waals surface area contributed by atoms with Gasteiger partial charge < -0.3 is 9.47 Å². The van der Waals surface area contributed by atoms with Crippen LogP contribution in [0.5, 0.6) is 11.5 Å². The van der Waals surface area contributed by atoms with Crippen LogP contribution in [0.25, 0.3) is 0 Å². The molecule has 0 atom stereocenters. The van der Waals surface area contributed by atoms with Gasteiger partial charge in [-0.25, -0.2) is 0 Å². The second kappa shape index (κ2) is 6.16. The van der Waals surface area contributed by atoms with Crippen molar-refractivity contribution in [1.29, 1.82) is 0 Å². The summed E-state index contributed by atoms with van der Waals surface area (Å²) in [6, 6.07) is 6.29. The van der Waals surface area contributed by atoms with Crippen molar-refractivity contribution < 1.29 is 19.2 Å². The molecule has 1 aromatic heterocycles. The minimum atomic E-state index is -0.624. The zero-order valence-corrected chi connectivity index (χ0v) is 11.4. The number of methoxy groups -OCH3 is 1. The maximum atomic E-state index is 10.9. The van der Waals surface area contributed by atoms with Crippen LogP contribution in [0.15, 0.2) is 29.6 Å². The van der Waals surface area contributed by atoms with Gasteiger partial charge in [-0.3, -0.25) is 14.9 Å². The molecule has 0 saturated heterocycles. The number of nitrogens with zero attached hydrogens (tertiary/aromatic N) is 1. The SMILES string of the molecule is COc1cc(C=O)c([N+](=O)[O-])cc1OCc1cccs1. The van der Waals surface area contributed by atoms with E-state index in [4.69, 9.17) is 9.47 Å². The third-order valence-corrected chi connectivity index (χ3v) is 3.44. The molecule has 0 aliphatic heterocycles. The fourth-order valence-electron chi connectivity index (χ4n) is 1.63. The summed E-state index contributed by atoms with van der Waals surface area (Å²) in [5.74, 6) is 0.521. The Morgan fingerprint density at radius 2 is 2.20 bits per heavy atom. The molecule has 1 heterocycles. The number of hydrogen-bond acceptors (Lipinski definition) is 6. The van der Waals surface area contributed by atoms with Crippen LogP contribution in [0, 0.1) is 10.1 Å². The van der Waals surface area contributed by atoms with Crippen molar-refractivity contribution in [2.45, 2.75) is 6.61 Å². The molecular formula is C13H11NO5S. The average molecular weight is 293 g/mol. The Bertz CT molecular complexity index is 624. The highest BCUT2D eigenvalue weighted by Crippen LogP contribution is 2.34. The van der Waals surface area contributed by atoms with E-state index in [9.17, 15) is 14.9 Å². The van der Waals surface area contributed by atoms with Gasteiger partial charge in [0.25, 0.3) is 5.69 Å². The predicted molar refractivity (Wildman–Crippen MR) is 73.7 cm³/mol. The second-order valence-corrected chi connectivity index (χ2v) is 4.84. The molecule has 0 unspecified atom stereocenters. The van der Waals surface area contributed by atoms with E-state index in [0.29, 0.717) is 6.29 Å². The summed E-state index contributed by atoms with van der Waals surface area (Å²) in [7, 11) is 1.41. The minimum Gasteiger partial charge on any atom is -0.493 e. The van der Waals surface area contributed by atoms with Crippen LogP contribution in [0.1, 0.15) is 15.2 Å². The summed E-state index contributed by atoms with van der Waals surface area (Å²) in [4.78, 5) is 22.1. The molecule has 0 radical (unpaired) electrons. The normalized spacial score (nSPS) is 10.1. The van der Waals surface area contributed by atoms with Crippen LogP contribution in [0.2, 0.25) is 0 Å². The van der Waals surface area contributed by atoms with E-state index in [1.807, 2.05) is 17.5 Å². The molecule has 0 fully saturated rings. The van der Waals surface area contributed by atoms with Crippen molar-refractivity contribution in [2.24, 2.45) is 0 Å². The fourth-order valence-corrected chi connectivity index (χ4v) is 2.25. The summed E-state index contributed by atoms with van der Waals surface area (Å²) in [6.45, 7) is 0.283. The lowest BCUT2D eigenvalue weighted by Gasteiger charge is -2.10. The fraction of sp³-hybridized carbons (Fsp3) is 0.154. The number of carbonyl (C=O) groups is 1. The Hall–Kier alpha value is -2.41. The Morgan fingerprint density at radius 1 is 1.40 bits per heavy atom. The van der Waals surface area contributed by atoms with E-state index in [2.05, 4.69) is 0 Å². The lowest BCUT2D eigenvalue weighted by Crippen LogP contribution is -2.00. The molecule has 6 nitrogen and oxygen atoms in total. The maximum absolute atomic E-state index is 10.9. The Kier molecular flexibility index (Phi) is 4.31. The van der Waals surface area contributed by atoms with Crippen molar-refractivity contribution in [3.63, 3.8) is 0 Å². The molecule has 0 bridgehead atoms. The molecule has 0 spiro atoms. The van der Waals surface area contributed by atoms with E-state index >= 15 is 0 Å². The standard InChI is InChI=1S/C13H11NO5S/c1-18-12-5-9(7-15)11(14(16)17)6-13(12)19-8-10-3-2-4-20-10/h2-7H,8H2,1H3. The van der Waals surface area contributed by atoms with Crippen molar-refractivity contribution in [3.8, 4) is 11.5 Å². The molecule has 104 valence electrons. The zero-order valence-electron chi connectivity index (χ0n) is 10.6. The van der Waals surface area contributed by atoms with E-state index in [0.717, 1.165) is 4.88 Å². The molecular weight excluding hydrogens is 282 g/mol. The zero-order chi connectivity index (χ0) is 14.5. The van der Waals surface area contributed by atoms with E-state index in [1.54, 1.807) is 0 Å². The first-order valence-corrected chi connectivity index (χ1v) is 6.50. The van der Waals surface area contributed by atoms with Gasteiger partial charge in [-0.05, 0) is 11.4 Å². The molecule has 2 rings (SSSR count). The molecule has 0 aliphatic rings. The van der Waals surface area contributed by atoms with Crippen LogP contribution in [-0.4, -0.2) is 18.3 Å². The van der Waals surface area contributed by atoms with Crippen LogP contribution in [-0.2, 0) is 6.61 Å². The van der Waals surface area contributed by atoms with E-state index < -0.39 is 4.92 Å². The third-order valence-electron chi connectivity index (χ3n) is 2.59. The quantitative estimate of drug-likeness (QED) is 0.464. The Morgan fingerprint density at radius 3 is 2.75 bits per heavy atom. The Balaban J connectivity index is 2.32. The molecule has 0 aliphatic carbocycles. The van der Waals surface area contributed by atoms with Crippen LogP contribution >= 0.6 is 11.3 Å². The lowest BCUT2D eigenvalue weighted by atomic mass is 10.1. The van der Waals surface area contributed by atoms with Gasteiger partial charge in [-0.1, -0.05) is 6.07 Å². The molecule has 7 heteroatoms. The van der Waals surface area contributed by atoms with Crippen LogP contribution in [0.4, 0.5) is 5.69 Å². The smallest absolute Gasteiger partial charge is 0.283 e. The highest BCUT2D eigenvalue weighted by molar-refractivity contribution is 7.09. The highest BCUT2D eigenvalue weighted by atomic mass is 32.1. The van der Waals surface area contributed by atoms with Gasteiger partial charge in [-0.2, -0.15) is 0 Å². The Labute approximate surface area is 118 Å². The summed E-state index contributed by atoms with van der Waals surface area (Å²) in [5, 5.41) is 12.8. The third kappa shape index (κ3) is 2.94. The topological polar surface area (TPSA) is 78.7 Å². The summed E-state index contributed by atoms with van der Waals surface area (Å²) >= 11 is 1.52. The van der Waals surface area contributed by atoms with E-state index in [-0.39, 0.29) is 29.4 Å². The number of rotatable bonds is 6. The number of ether oxygens (including phenoxy) is 2. The second-order valence-electron chi connectivity index (χ2n) is 3.80. The molecule has 20 heavy (non-hydrogen) atoms.